The first kappa shape index (κ1) is 18.4. The van der Waals surface area contributed by atoms with E-state index in [0.717, 1.165) is 43.8 Å². The van der Waals surface area contributed by atoms with Gasteiger partial charge in [-0.05, 0) is 43.4 Å². The summed E-state index contributed by atoms with van der Waals surface area (Å²) in [4.78, 5) is 22.9. The Morgan fingerprint density at radius 3 is 3.08 bits per heavy atom. The number of nitrogens with one attached hydrogen (secondary N) is 1. The molecule has 3 heterocycles. The van der Waals surface area contributed by atoms with Gasteiger partial charge in [-0.3, -0.25) is 4.57 Å². The van der Waals surface area contributed by atoms with Crippen molar-refractivity contribution in [2.45, 2.75) is 45.3 Å². The Hall–Kier alpha value is -2.41. The lowest BCUT2D eigenvalue weighted by molar-refractivity contribution is 0.000696. The largest absolute Gasteiger partial charge is 0.376 e. The molecule has 0 aliphatic carbocycles. The summed E-state index contributed by atoms with van der Waals surface area (Å²) in [5.41, 5.74) is 1.00. The predicted molar refractivity (Wildman–Crippen MR) is 99.0 cm³/mol. The summed E-state index contributed by atoms with van der Waals surface area (Å²) >= 11 is 0. The quantitative estimate of drug-likeness (QED) is 0.827. The van der Waals surface area contributed by atoms with Crippen molar-refractivity contribution in [1.29, 1.82) is 0 Å². The van der Waals surface area contributed by atoms with Gasteiger partial charge in [-0.1, -0.05) is 6.92 Å². The molecule has 1 fully saturated rings. The van der Waals surface area contributed by atoms with Gasteiger partial charge in [0.25, 0.3) is 0 Å². The molecule has 0 bridgehead atoms. The smallest absolute Gasteiger partial charge is 0.317 e. The molecule has 3 rings (SSSR count). The molecule has 2 amide bonds. The van der Waals surface area contributed by atoms with Crippen molar-refractivity contribution in [3.63, 3.8) is 0 Å². The number of rotatable bonds is 7. The third-order valence-electron chi connectivity index (χ3n) is 4.50. The van der Waals surface area contributed by atoms with E-state index in [1.165, 1.54) is 6.42 Å². The highest BCUT2D eigenvalue weighted by molar-refractivity contribution is 5.74. The van der Waals surface area contributed by atoms with Gasteiger partial charge >= 0.3 is 6.03 Å². The monoisotopic (exact) mass is 357 g/mol. The molecule has 1 aliphatic rings. The third-order valence-corrected chi connectivity index (χ3v) is 4.50. The normalized spacial score (nSPS) is 17.0. The number of carbonyl (C=O) groups is 1. The van der Waals surface area contributed by atoms with Crippen LogP contribution in [0.1, 0.15) is 38.2 Å². The van der Waals surface area contributed by atoms with Gasteiger partial charge in [0.2, 0.25) is 0 Å². The fourth-order valence-corrected chi connectivity index (χ4v) is 3.14. The lowest BCUT2D eigenvalue weighted by Crippen LogP contribution is -2.45. The zero-order chi connectivity index (χ0) is 18.2. The van der Waals surface area contributed by atoms with Crippen molar-refractivity contribution < 1.29 is 9.53 Å². The number of carbonyl (C=O) groups excluding carboxylic acids is 1. The summed E-state index contributed by atoms with van der Waals surface area (Å²) in [7, 11) is 0. The van der Waals surface area contributed by atoms with Crippen LogP contribution in [0.3, 0.4) is 0 Å². The van der Waals surface area contributed by atoms with Crippen LogP contribution in [0.2, 0.25) is 0 Å². The first-order chi connectivity index (χ1) is 12.8. The second kappa shape index (κ2) is 9.33. The van der Waals surface area contributed by atoms with Crippen molar-refractivity contribution in [2.24, 2.45) is 0 Å². The van der Waals surface area contributed by atoms with Gasteiger partial charge in [0.1, 0.15) is 12.1 Å². The second-order valence-electron chi connectivity index (χ2n) is 6.59. The number of pyridine rings is 1. The predicted octanol–water partition coefficient (Wildman–Crippen LogP) is 2.76. The topological polar surface area (TPSA) is 72.3 Å². The van der Waals surface area contributed by atoms with Crippen LogP contribution in [0.15, 0.2) is 37.1 Å². The summed E-state index contributed by atoms with van der Waals surface area (Å²) in [5.74, 6) is 0.787. The van der Waals surface area contributed by atoms with E-state index >= 15 is 0 Å². The molecular weight excluding hydrogens is 330 g/mol. The van der Waals surface area contributed by atoms with Crippen LogP contribution < -0.4 is 5.32 Å². The van der Waals surface area contributed by atoms with E-state index in [4.69, 9.17) is 4.74 Å². The molecular formula is C19H27N5O2. The van der Waals surface area contributed by atoms with Gasteiger partial charge in [-0.15, -0.1) is 0 Å². The second-order valence-corrected chi connectivity index (χ2v) is 6.59. The highest BCUT2D eigenvalue weighted by Gasteiger charge is 2.20. The average Bonchev–Trinajstić information content (AvgIpc) is 3.22. The van der Waals surface area contributed by atoms with Gasteiger partial charge < -0.3 is 15.0 Å². The molecule has 0 spiro atoms. The summed E-state index contributed by atoms with van der Waals surface area (Å²) < 4.78 is 7.63. The van der Waals surface area contributed by atoms with Crippen LogP contribution in [0.25, 0.3) is 5.82 Å². The van der Waals surface area contributed by atoms with Crippen LogP contribution in [-0.4, -0.2) is 51.3 Å². The molecule has 26 heavy (non-hydrogen) atoms. The van der Waals surface area contributed by atoms with E-state index in [-0.39, 0.29) is 12.1 Å². The van der Waals surface area contributed by atoms with Crippen LogP contribution in [0, 0.1) is 0 Å². The van der Waals surface area contributed by atoms with Crippen molar-refractivity contribution in [3.8, 4) is 5.82 Å². The average molecular weight is 357 g/mol. The standard InChI is InChI=1S/C19H27N5O2/c1-2-9-23(14-17-5-3-4-11-26-17)19(25)22-13-16-6-7-21-18(12-16)24-10-8-20-15-24/h6-8,10,12,15,17H,2-5,9,11,13-14H2,1H3,(H,22,25). The molecule has 2 aromatic rings. The Morgan fingerprint density at radius 2 is 2.35 bits per heavy atom. The molecule has 7 nitrogen and oxygen atoms in total. The van der Waals surface area contributed by atoms with E-state index in [9.17, 15) is 4.79 Å². The minimum Gasteiger partial charge on any atom is -0.376 e. The lowest BCUT2D eigenvalue weighted by atomic mass is 10.1. The van der Waals surface area contributed by atoms with E-state index in [1.54, 1.807) is 18.7 Å². The highest BCUT2D eigenvalue weighted by atomic mass is 16.5. The van der Waals surface area contributed by atoms with E-state index in [0.29, 0.717) is 13.1 Å². The molecule has 0 saturated carbocycles. The van der Waals surface area contributed by atoms with Crippen LogP contribution in [0.4, 0.5) is 4.79 Å². The van der Waals surface area contributed by atoms with Crippen molar-refractivity contribution >= 4 is 6.03 Å². The van der Waals surface area contributed by atoms with Crippen LogP contribution in [-0.2, 0) is 11.3 Å². The van der Waals surface area contributed by atoms with Gasteiger partial charge in [0, 0.05) is 44.8 Å². The Kier molecular flexibility index (Phi) is 6.60. The Morgan fingerprint density at radius 1 is 1.42 bits per heavy atom. The Labute approximate surface area is 154 Å². The van der Waals surface area contributed by atoms with Gasteiger partial charge in [0.05, 0.1) is 6.10 Å². The number of hydrogen-bond acceptors (Lipinski definition) is 4. The van der Waals surface area contributed by atoms with E-state index in [1.807, 2.05) is 27.8 Å². The minimum absolute atomic E-state index is 0.0398. The fourth-order valence-electron chi connectivity index (χ4n) is 3.14. The van der Waals surface area contributed by atoms with Crippen molar-refractivity contribution in [1.82, 2.24) is 24.8 Å². The zero-order valence-electron chi connectivity index (χ0n) is 15.3. The van der Waals surface area contributed by atoms with Gasteiger partial charge in [0.15, 0.2) is 0 Å². The zero-order valence-corrected chi connectivity index (χ0v) is 15.3. The first-order valence-corrected chi connectivity index (χ1v) is 9.34. The number of aromatic nitrogens is 3. The molecule has 140 valence electrons. The SMILES string of the molecule is CCCN(CC1CCCCO1)C(=O)NCc1ccnc(-n2ccnc2)c1. The molecule has 1 N–H and O–H groups in total. The third kappa shape index (κ3) is 5.05. The van der Waals surface area contributed by atoms with Crippen molar-refractivity contribution in [2.75, 3.05) is 19.7 Å². The maximum atomic E-state index is 12.6. The maximum absolute atomic E-state index is 12.6. The minimum atomic E-state index is -0.0398. The molecule has 1 saturated heterocycles. The highest BCUT2D eigenvalue weighted by Crippen LogP contribution is 2.14. The maximum Gasteiger partial charge on any atom is 0.317 e. The molecule has 7 heteroatoms. The number of hydrogen-bond donors (Lipinski definition) is 1. The van der Waals surface area contributed by atoms with Gasteiger partial charge in [-0.2, -0.15) is 0 Å². The number of amides is 2. The van der Waals surface area contributed by atoms with Gasteiger partial charge in [-0.25, -0.2) is 14.8 Å². The number of urea groups is 1. The summed E-state index contributed by atoms with van der Waals surface area (Å²) in [5, 5.41) is 3.02. The Bertz CT molecular complexity index is 683. The summed E-state index contributed by atoms with van der Waals surface area (Å²) in [6.45, 7) is 4.76. The number of ether oxygens (including phenoxy) is 1. The molecule has 0 radical (unpaired) electrons. The van der Waals surface area contributed by atoms with E-state index in [2.05, 4.69) is 22.2 Å². The molecule has 1 aliphatic heterocycles. The van der Waals surface area contributed by atoms with Crippen LogP contribution in [0.5, 0.6) is 0 Å². The molecule has 1 atom stereocenters. The van der Waals surface area contributed by atoms with Crippen LogP contribution >= 0.6 is 0 Å². The summed E-state index contributed by atoms with van der Waals surface area (Å²) in [6, 6.07) is 3.83. The van der Waals surface area contributed by atoms with Crippen molar-refractivity contribution in [3.05, 3.63) is 42.6 Å². The molecule has 1 unspecified atom stereocenters. The number of imidazole rings is 1. The number of nitrogens with zero attached hydrogens (tertiary/aromatic N) is 4. The summed E-state index contributed by atoms with van der Waals surface area (Å²) in [6.07, 6.45) is 11.4. The van der Waals surface area contributed by atoms with E-state index < -0.39 is 0 Å². The molecule has 0 aromatic carbocycles. The first-order valence-electron chi connectivity index (χ1n) is 9.34. The molecule has 2 aromatic heterocycles. The lowest BCUT2D eigenvalue weighted by Gasteiger charge is -2.30. The Balaban J connectivity index is 1.56. The fraction of sp³-hybridized carbons (Fsp3) is 0.526.